The molecule has 22 heteroatoms. The van der Waals surface area contributed by atoms with Crippen LogP contribution in [0, 0.1) is 10.8 Å². The molecular weight excluding hydrogens is 1310 g/mol. The zero-order valence-electron chi connectivity index (χ0n) is 65.2. The number of carbonyl (C=O) groups is 5. The SMILES string of the molecule is CNCCCOCCOCCOCCCNC(=O)CCOCCOCCOCCOCCOCCC(=O)NCCCOCCOCCOCCCNC(=O)[C@H](CCCCNC(=O)/C=C(C)/C=C/C=C(C)/C=C/C1=C(C)CCCC1(C)C)NC(=O)/C=C(C)/C=C/C=C(C)/C=C/C1=C(C)CCCC1(C)C. The van der Waals surface area contributed by atoms with Crippen molar-refractivity contribution in [2.24, 2.45) is 10.8 Å². The zero-order valence-corrected chi connectivity index (χ0v) is 65.2. The topological polar surface area (TPSA) is 259 Å². The molecular formula is C81H136N6O16. The summed E-state index contributed by atoms with van der Waals surface area (Å²) in [5, 5.41) is 17.7. The van der Waals surface area contributed by atoms with Crippen molar-refractivity contribution in [1.82, 2.24) is 31.9 Å². The fourth-order valence-corrected chi connectivity index (χ4v) is 11.2. The molecule has 0 aromatic rings. The molecule has 6 N–H and O–H groups in total. The Morgan fingerprint density at radius 2 is 0.738 bits per heavy atom. The van der Waals surface area contributed by atoms with Gasteiger partial charge >= 0.3 is 0 Å². The first-order chi connectivity index (χ1) is 49.7. The predicted octanol–water partition coefficient (Wildman–Crippen LogP) is 10.9. The second-order valence-corrected chi connectivity index (χ2v) is 27.4. The van der Waals surface area contributed by atoms with Crippen LogP contribution in [0.1, 0.15) is 166 Å². The molecule has 5 amide bonds. The van der Waals surface area contributed by atoms with Crippen LogP contribution in [-0.2, 0) is 76.1 Å². The minimum Gasteiger partial charge on any atom is -0.379 e. The summed E-state index contributed by atoms with van der Waals surface area (Å²) in [5.74, 6) is -0.978. The van der Waals surface area contributed by atoms with E-state index in [4.69, 9.17) is 52.1 Å². The third kappa shape index (κ3) is 52.0. The summed E-state index contributed by atoms with van der Waals surface area (Å²) < 4.78 is 61.1. The lowest BCUT2D eigenvalue weighted by Gasteiger charge is -2.33. The van der Waals surface area contributed by atoms with Gasteiger partial charge in [0.05, 0.1) is 119 Å². The lowest BCUT2D eigenvalue weighted by Crippen LogP contribution is -2.46. The highest BCUT2D eigenvalue weighted by atomic mass is 16.6. The minimum absolute atomic E-state index is 0.0605. The van der Waals surface area contributed by atoms with E-state index >= 15 is 0 Å². The Hall–Kier alpha value is -5.73. The monoisotopic (exact) mass is 1450 g/mol. The van der Waals surface area contributed by atoms with Gasteiger partial charge in [-0.25, -0.2) is 0 Å². The minimum atomic E-state index is -0.772. The molecule has 0 aliphatic heterocycles. The van der Waals surface area contributed by atoms with Crippen LogP contribution in [0.15, 0.2) is 117 Å². The highest BCUT2D eigenvalue weighted by Gasteiger charge is 2.28. The number of hydrogen-bond donors (Lipinski definition) is 6. The van der Waals surface area contributed by atoms with E-state index in [-0.39, 0.29) is 53.2 Å². The molecule has 586 valence electrons. The van der Waals surface area contributed by atoms with Crippen molar-refractivity contribution in [2.75, 3.05) is 185 Å². The van der Waals surface area contributed by atoms with Crippen molar-refractivity contribution < 1.29 is 76.1 Å². The fraction of sp³-hybridized carbons (Fsp3) is 0.691. The Morgan fingerprint density at radius 3 is 1.12 bits per heavy atom. The zero-order chi connectivity index (χ0) is 75.3. The van der Waals surface area contributed by atoms with E-state index in [1.165, 1.54) is 54.1 Å². The van der Waals surface area contributed by atoms with Crippen LogP contribution in [0.4, 0.5) is 0 Å². The maximum Gasteiger partial charge on any atom is 0.244 e. The van der Waals surface area contributed by atoms with Crippen LogP contribution in [0.2, 0.25) is 0 Å². The molecule has 0 saturated carbocycles. The van der Waals surface area contributed by atoms with Gasteiger partial charge in [0, 0.05) is 77.6 Å². The molecule has 2 aliphatic carbocycles. The molecule has 0 unspecified atom stereocenters. The van der Waals surface area contributed by atoms with Crippen molar-refractivity contribution in [3.8, 4) is 0 Å². The molecule has 0 heterocycles. The number of rotatable bonds is 63. The second kappa shape index (κ2) is 61.4. The van der Waals surface area contributed by atoms with Crippen molar-refractivity contribution >= 4 is 29.5 Å². The Balaban J connectivity index is 1.54. The Morgan fingerprint density at radius 1 is 0.398 bits per heavy atom. The number of carbonyl (C=O) groups excluding carboxylic acids is 5. The number of ether oxygens (including phenoxy) is 11. The number of amides is 5. The number of nitrogens with one attached hydrogen (secondary N) is 6. The van der Waals surface area contributed by atoms with Gasteiger partial charge in [-0.3, -0.25) is 24.0 Å². The molecule has 0 bridgehead atoms. The van der Waals surface area contributed by atoms with E-state index < -0.39 is 6.04 Å². The molecule has 22 nitrogen and oxygen atoms in total. The van der Waals surface area contributed by atoms with Gasteiger partial charge in [-0.05, 0) is 172 Å². The number of allylic oxidation sites excluding steroid dienone is 18. The second-order valence-electron chi connectivity index (χ2n) is 27.4. The first-order valence-corrected chi connectivity index (χ1v) is 38.0. The summed E-state index contributed by atoms with van der Waals surface area (Å²) in [6.45, 7) is 34.2. The molecule has 0 saturated heterocycles. The molecule has 0 aromatic heterocycles. The van der Waals surface area contributed by atoms with Crippen LogP contribution < -0.4 is 31.9 Å². The summed E-state index contributed by atoms with van der Waals surface area (Å²) in [4.78, 5) is 63.9. The summed E-state index contributed by atoms with van der Waals surface area (Å²) in [6.07, 6.45) is 35.9. The Labute approximate surface area is 619 Å². The van der Waals surface area contributed by atoms with E-state index in [2.05, 4.69) is 118 Å². The van der Waals surface area contributed by atoms with Crippen LogP contribution in [0.25, 0.3) is 0 Å². The summed E-state index contributed by atoms with van der Waals surface area (Å²) in [5.41, 5.74) is 9.93. The lowest BCUT2D eigenvalue weighted by atomic mass is 9.72. The van der Waals surface area contributed by atoms with E-state index in [0.717, 1.165) is 61.1 Å². The fourth-order valence-electron chi connectivity index (χ4n) is 11.2. The van der Waals surface area contributed by atoms with Gasteiger partial charge in [-0.15, -0.1) is 0 Å². The predicted molar refractivity (Wildman–Crippen MR) is 411 cm³/mol. The molecule has 103 heavy (non-hydrogen) atoms. The largest absolute Gasteiger partial charge is 0.379 e. The van der Waals surface area contributed by atoms with E-state index in [9.17, 15) is 24.0 Å². The van der Waals surface area contributed by atoms with Crippen LogP contribution in [0.5, 0.6) is 0 Å². The summed E-state index contributed by atoms with van der Waals surface area (Å²) >= 11 is 0. The molecule has 1 atom stereocenters. The molecule has 2 aliphatic rings. The van der Waals surface area contributed by atoms with Gasteiger partial charge < -0.3 is 84.0 Å². The molecule has 2 rings (SSSR count). The molecule has 0 aromatic carbocycles. The van der Waals surface area contributed by atoms with Gasteiger partial charge in [0.1, 0.15) is 6.04 Å². The first kappa shape index (κ1) is 93.4. The maximum atomic E-state index is 13.6. The van der Waals surface area contributed by atoms with E-state index in [0.29, 0.717) is 197 Å². The highest BCUT2D eigenvalue weighted by Crippen LogP contribution is 2.42. The van der Waals surface area contributed by atoms with Crippen LogP contribution in [-0.4, -0.2) is 221 Å². The van der Waals surface area contributed by atoms with E-state index in [1.54, 1.807) is 6.08 Å². The van der Waals surface area contributed by atoms with Gasteiger partial charge in [0.2, 0.25) is 29.5 Å². The highest BCUT2D eigenvalue weighted by molar-refractivity contribution is 5.93. The third-order valence-corrected chi connectivity index (χ3v) is 17.1. The normalized spacial score (nSPS) is 15.7. The number of unbranched alkanes of at least 4 members (excludes halogenated alkanes) is 1. The smallest absolute Gasteiger partial charge is 0.244 e. The average Bonchev–Trinajstić information content (AvgIpc) is 0.831. The van der Waals surface area contributed by atoms with Gasteiger partial charge in [0.15, 0.2) is 0 Å². The Bertz CT molecular complexity index is 2670. The van der Waals surface area contributed by atoms with E-state index in [1.807, 2.05) is 51.3 Å². The van der Waals surface area contributed by atoms with Gasteiger partial charge in [-0.2, -0.15) is 0 Å². The standard InChI is InChI=1S/C81H136N6O16/c1-66(29-31-72-70(5)26-16-35-80(72,7)8)22-14-24-68(3)64-77(90)85-38-13-12-28-74(87-78(91)65-69(4)25-15-23-67(2)30-32-73-71(6)27-17-36-81(73,9)10)79(92)86-41-21-45-96-51-57-100-56-50-95-44-20-40-84-76(89)34-47-98-53-59-102-61-63-103-62-60-101-58-52-97-46-33-75(88)83-39-19-43-94-49-55-99-54-48-93-42-18-37-82-11/h14-15,22-25,29-32,64-65,74,82H,12-13,16-21,26-28,33-63H2,1-11H3,(H,83,88)(H,84,89)(H,85,90)(H,86,92)(H,87,91)/b24-14+,25-15+,31-29+,32-30+,66-22+,67-23+,68-64+,69-65+/t74-/m0/s1. The quantitative estimate of drug-likeness (QED) is 0.0188. The van der Waals surface area contributed by atoms with Crippen molar-refractivity contribution in [1.29, 1.82) is 0 Å². The molecule has 0 fully saturated rings. The van der Waals surface area contributed by atoms with Gasteiger partial charge in [-0.1, -0.05) is 111 Å². The van der Waals surface area contributed by atoms with Crippen LogP contribution in [0.3, 0.4) is 0 Å². The first-order valence-electron chi connectivity index (χ1n) is 38.0. The average molecular weight is 1450 g/mol. The van der Waals surface area contributed by atoms with Crippen LogP contribution >= 0.6 is 0 Å². The summed E-state index contributed by atoms with van der Waals surface area (Å²) in [7, 11) is 1.92. The number of hydrogen-bond acceptors (Lipinski definition) is 17. The molecule has 0 spiro atoms. The lowest BCUT2D eigenvalue weighted by molar-refractivity contribution is -0.127. The van der Waals surface area contributed by atoms with Crippen molar-refractivity contribution in [3.63, 3.8) is 0 Å². The third-order valence-electron chi connectivity index (χ3n) is 17.1. The summed E-state index contributed by atoms with van der Waals surface area (Å²) in [6, 6.07) is -0.772. The van der Waals surface area contributed by atoms with Gasteiger partial charge in [0.25, 0.3) is 0 Å². The van der Waals surface area contributed by atoms with Crippen molar-refractivity contribution in [3.05, 3.63) is 117 Å². The Kier molecular flexibility index (Phi) is 55.7. The maximum absolute atomic E-state index is 13.6. The molecule has 0 radical (unpaired) electrons. The van der Waals surface area contributed by atoms with Crippen molar-refractivity contribution in [2.45, 2.75) is 172 Å².